The second kappa shape index (κ2) is 4.43. The van der Waals surface area contributed by atoms with Gasteiger partial charge >= 0.3 is 11.9 Å². The number of carbonyl (C=O) groups is 2. The molecule has 0 aromatic heterocycles. The van der Waals surface area contributed by atoms with E-state index in [0.717, 1.165) is 6.08 Å². The summed E-state index contributed by atoms with van der Waals surface area (Å²) in [7, 11) is 0. The fraction of sp³-hybridized carbons (Fsp3) is 0.333. The van der Waals surface area contributed by atoms with Crippen LogP contribution < -0.4 is 0 Å². The van der Waals surface area contributed by atoms with E-state index in [0.29, 0.717) is 0 Å². The van der Waals surface area contributed by atoms with Gasteiger partial charge < -0.3 is 10.2 Å². The average molecular weight is 162 g/mol. The van der Waals surface area contributed by atoms with E-state index in [1.807, 2.05) is 0 Å². The Morgan fingerprint density at radius 2 is 1.82 bits per heavy atom. The predicted molar refractivity (Wildman–Crippen MR) is 33.7 cm³/mol. The van der Waals surface area contributed by atoms with Crippen LogP contribution in [0.2, 0.25) is 0 Å². The van der Waals surface area contributed by atoms with Gasteiger partial charge in [-0.2, -0.15) is 0 Å². The predicted octanol–water partition coefficient (Wildman–Crippen LogP) is 0.789. The summed E-state index contributed by atoms with van der Waals surface area (Å²) >= 11 is 0. The zero-order valence-corrected chi connectivity index (χ0v) is 5.58. The molecule has 2 N–H and O–H groups in total. The van der Waals surface area contributed by atoms with Crippen molar-refractivity contribution in [2.45, 2.75) is 12.8 Å². The van der Waals surface area contributed by atoms with Gasteiger partial charge in [-0.3, -0.25) is 9.59 Å². The monoisotopic (exact) mass is 162 g/mol. The fourth-order valence-electron chi connectivity index (χ4n) is 0.415. The van der Waals surface area contributed by atoms with Crippen LogP contribution in [0.5, 0.6) is 0 Å². The van der Waals surface area contributed by atoms with E-state index in [-0.39, 0.29) is 0 Å². The second-order valence-electron chi connectivity index (χ2n) is 1.82. The molecule has 0 atom stereocenters. The van der Waals surface area contributed by atoms with E-state index < -0.39 is 30.6 Å². The van der Waals surface area contributed by atoms with Crippen LogP contribution in [0.25, 0.3) is 0 Å². The van der Waals surface area contributed by atoms with Gasteiger partial charge in [0, 0.05) is 0 Å². The van der Waals surface area contributed by atoms with Gasteiger partial charge in [0.15, 0.2) is 0 Å². The molecule has 0 radical (unpaired) electrons. The lowest BCUT2D eigenvalue weighted by molar-refractivity contribution is -0.137. The van der Waals surface area contributed by atoms with Gasteiger partial charge in [0.2, 0.25) is 0 Å². The number of aliphatic carboxylic acids is 2. The lowest BCUT2D eigenvalue weighted by Gasteiger charge is -1.89. The Balaban J connectivity index is 3.81. The molecule has 5 heteroatoms. The molecule has 0 aliphatic carbocycles. The molecule has 0 fully saturated rings. The molecule has 0 aliphatic rings. The lowest BCUT2D eigenvalue weighted by Crippen LogP contribution is -1.96. The number of hydrogen-bond donors (Lipinski definition) is 2. The van der Waals surface area contributed by atoms with Crippen LogP contribution in [-0.2, 0) is 9.59 Å². The van der Waals surface area contributed by atoms with Crippen LogP contribution in [0.4, 0.5) is 4.39 Å². The van der Waals surface area contributed by atoms with Crippen molar-refractivity contribution < 1.29 is 24.2 Å². The summed E-state index contributed by atoms with van der Waals surface area (Å²) in [4.78, 5) is 19.7. The average Bonchev–Trinajstić information content (AvgIpc) is 1.82. The normalized spacial score (nSPS) is 11.2. The van der Waals surface area contributed by atoms with Crippen LogP contribution in [-0.4, -0.2) is 22.2 Å². The van der Waals surface area contributed by atoms with E-state index in [1.165, 1.54) is 0 Å². The Labute approximate surface area is 62.0 Å². The summed E-state index contributed by atoms with van der Waals surface area (Å²) < 4.78 is 12.2. The minimum Gasteiger partial charge on any atom is -0.481 e. The summed E-state index contributed by atoms with van der Waals surface area (Å²) in [5, 5.41) is 16.1. The van der Waals surface area contributed by atoms with Crippen LogP contribution >= 0.6 is 0 Å². The third kappa shape index (κ3) is 6.50. The van der Waals surface area contributed by atoms with E-state index in [4.69, 9.17) is 10.2 Å². The van der Waals surface area contributed by atoms with Gasteiger partial charge in [-0.25, -0.2) is 4.39 Å². The Morgan fingerprint density at radius 1 is 1.27 bits per heavy atom. The molecule has 4 nitrogen and oxygen atoms in total. The summed E-state index contributed by atoms with van der Waals surface area (Å²) in [6.07, 6.45) is -0.511. The molecule has 0 spiro atoms. The SMILES string of the molecule is O=C(O)CC=C(F)CC(=O)O. The highest BCUT2D eigenvalue weighted by atomic mass is 19.1. The Bertz CT molecular complexity index is 197. The van der Waals surface area contributed by atoms with Crippen LogP contribution in [0, 0.1) is 0 Å². The molecular formula is C6H7FO4. The van der Waals surface area contributed by atoms with Gasteiger partial charge in [0.05, 0.1) is 12.8 Å². The molecule has 0 aromatic rings. The molecule has 0 amide bonds. The second-order valence-corrected chi connectivity index (χ2v) is 1.82. The first-order valence-electron chi connectivity index (χ1n) is 2.80. The first-order valence-corrected chi connectivity index (χ1v) is 2.80. The molecule has 0 aliphatic heterocycles. The number of hydrogen-bond acceptors (Lipinski definition) is 2. The van der Waals surface area contributed by atoms with E-state index >= 15 is 0 Å². The smallest absolute Gasteiger partial charge is 0.310 e. The molecular weight excluding hydrogens is 155 g/mol. The summed E-state index contributed by atoms with van der Waals surface area (Å²) in [5.41, 5.74) is 0. The Morgan fingerprint density at radius 3 is 2.18 bits per heavy atom. The minimum absolute atomic E-state index is 0.487. The quantitative estimate of drug-likeness (QED) is 0.640. The van der Waals surface area contributed by atoms with Gasteiger partial charge in [-0.1, -0.05) is 0 Å². The molecule has 0 rings (SSSR count). The molecule has 0 heterocycles. The Kier molecular flexibility index (Phi) is 3.87. The topological polar surface area (TPSA) is 74.6 Å². The van der Waals surface area contributed by atoms with Crippen LogP contribution in [0.1, 0.15) is 12.8 Å². The third-order valence-electron chi connectivity index (χ3n) is 0.818. The highest BCUT2D eigenvalue weighted by molar-refractivity contribution is 5.71. The maximum Gasteiger partial charge on any atom is 0.310 e. The fourth-order valence-corrected chi connectivity index (χ4v) is 0.415. The van der Waals surface area contributed by atoms with Gasteiger partial charge in [0.1, 0.15) is 5.83 Å². The van der Waals surface area contributed by atoms with Gasteiger partial charge in [0.25, 0.3) is 0 Å². The molecule has 11 heavy (non-hydrogen) atoms. The lowest BCUT2D eigenvalue weighted by atomic mass is 10.3. The largest absolute Gasteiger partial charge is 0.481 e. The highest BCUT2D eigenvalue weighted by Gasteiger charge is 2.02. The number of carboxylic acid groups (broad SMARTS) is 2. The number of rotatable bonds is 4. The zero-order valence-electron chi connectivity index (χ0n) is 5.58. The molecule has 0 aromatic carbocycles. The molecule has 0 saturated carbocycles. The molecule has 0 saturated heterocycles. The van der Waals surface area contributed by atoms with Crippen LogP contribution in [0.15, 0.2) is 11.9 Å². The molecule has 0 unspecified atom stereocenters. The highest BCUT2D eigenvalue weighted by Crippen LogP contribution is 2.03. The Hall–Kier alpha value is -1.39. The number of carboxylic acids is 2. The van der Waals surface area contributed by atoms with Crippen molar-refractivity contribution in [3.05, 3.63) is 11.9 Å². The van der Waals surface area contributed by atoms with Crippen molar-refractivity contribution in [3.63, 3.8) is 0 Å². The molecule has 0 bridgehead atoms. The maximum atomic E-state index is 12.2. The number of halogens is 1. The third-order valence-corrected chi connectivity index (χ3v) is 0.818. The summed E-state index contributed by atoms with van der Waals surface area (Å²) in [6, 6.07) is 0. The van der Waals surface area contributed by atoms with Gasteiger partial charge in [-0.15, -0.1) is 0 Å². The maximum absolute atomic E-state index is 12.2. The van der Waals surface area contributed by atoms with Crippen molar-refractivity contribution in [2.24, 2.45) is 0 Å². The van der Waals surface area contributed by atoms with E-state index in [9.17, 15) is 14.0 Å². The van der Waals surface area contributed by atoms with E-state index in [2.05, 4.69) is 0 Å². The van der Waals surface area contributed by atoms with Crippen molar-refractivity contribution in [3.8, 4) is 0 Å². The van der Waals surface area contributed by atoms with Crippen LogP contribution in [0.3, 0.4) is 0 Å². The first-order chi connectivity index (χ1) is 5.02. The summed E-state index contributed by atoms with van der Waals surface area (Å²) in [5.74, 6) is -3.44. The summed E-state index contributed by atoms with van der Waals surface area (Å²) in [6.45, 7) is 0. The van der Waals surface area contributed by atoms with Crippen molar-refractivity contribution >= 4 is 11.9 Å². The zero-order chi connectivity index (χ0) is 8.85. The van der Waals surface area contributed by atoms with Crippen molar-refractivity contribution in [1.29, 1.82) is 0 Å². The van der Waals surface area contributed by atoms with Crippen molar-refractivity contribution in [2.75, 3.05) is 0 Å². The standard InChI is InChI=1S/C6H7FO4/c7-4(3-6(10)11)1-2-5(8)9/h1H,2-3H2,(H,8,9)(H,10,11). The van der Waals surface area contributed by atoms with Gasteiger partial charge in [-0.05, 0) is 6.08 Å². The minimum atomic E-state index is -1.32. The van der Waals surface area contributed by atoms with Crippen molar-refractivity contribution in [1.82, 2.24) is 0 Å². The molecule has 62 valence electrons. The van der Waals surface area contributed by atoms with E-state index in [1.54, 1.807) is 0 Å². The first kappa shape index (κ1) is 9.61.